The van der Waals surface area contributed by atoms with E-state index >= 15 is 0 Å². The number of benzene rings is 1. The predicted octanol–water partition coefficient (Wildman–Crippen LogP) is 2.22. The van der Waals surface area contributed by atoms with Crippen molar-refractivity contribution in [3.63, 3.8) is 0 Å². The highest BCUT2D eigenvalue weighted by Crippen LogP contribution is 2.37. The molecule has 0 aromatic heterocycles. The number of amides is 1. The van der Waals surface area contributed by atoms with Gasteiger partial charge in [0.1, 0.15) is 18.4 Å². The molecular weight excluding hydrogens is 366 g/mol. The Morgan fingerprint density at radius 1 is 1.41 bits per heavy atom. The van der Waals surface area contributed by atoms with E-state index in [1.807, 2.05) is 32.9 Å². The second kappa shape index (κ2) is 6.44. The number of ether oxygens (including phenoxy) is 2. The van der Waals surface area contributed by atoms with Crippen molar-refractivity contribution in [1.29, 1.82) is 0 Å². The second-order valence-electron chi connectivity index (χ2n) is 8.27. The molecule has 4 rings (SSSR count). The van der Waals surface area contributed by atoms with E-state index in [4.69, 9.17) is 21.7 Å². The van der Waals surface area contributed by atoms with Crippen LogP contribution in [0.25, 0.3) is 0 Å². The summed E-state index contributed by atoms with van der Waals surface area (Å²) < 4.78 is 11.4. The van der Waals surface area contributed by atoms with Crippen LogP contribution in [-0.2, 0) is 11.2 Å². The van der Waals surface area contributed by atoms with Gasteiger partial charge in [-0.3, -0.25) is 4.90 Å². The zero-order valence-corrected chi connectivity index (χ0v) is 16.6. The summed E-state index contributed by atoms with van der Waals surface area (Å²) in [7, 11) is 0. The summed E-state index contributed by atoms with van der Waals surface area (Å²) in [6, 6.07) is 5.58. The first kappa shape index (κ1) is 18.2. The van der Waals surface area contributed by atoms with Gasteiger partial charge in [0.2, 0.25) is 0 Å². The molecule has 0 radical (unpaired) electrons. The first-order valence-electron chi connectivity index (χ1n) is 9.27. The number of para-hydroxylation sites is 1. The Bertz CT molecular complexity index is 779. The third kappa shape index (κ3) is 3.26. The van der Waals surface area contributed by atoms with Gasteiger partial charge in [0.05, 0.1) is 12.1 Å². The first-order chi connectivity index (χ1) is 12.7. The van der Waals surface area contributed by atoms with Crippen molar-refractivity contribution in [2.45, 2.75) is 57.5 Å². The molecule has 0 aliphatic carbocycles. The average Bonchev–Trinajstić information content (AvgIpc) is 3.10. The maximum Gasteiger partial charge on any atom is 0.412 e. The Labute approximate surface area is 164 Å². The van der Waals surface area contributed by atoms with Crippen LogP contribution < -0.4 is 10.1 Å². The molecule has 3 aliphatic heterocycles. The number of phenols is 1. The highest BCUT2D eigenvalue weighted by molar-refractivity contribution is 7.80. The first-order valence-corrected chi connectivity index (χ1v) is 9.67. The van der Waals surface area contributed by atoms with Crippen LogP contribution >= 0.6 is 12.2 Å². The molecule has 0 spiro atoms. The van der Waals surface area contributed by atoms with Gasteiger partial charge < -0.3 is 24.8 Å². The van der Waals surface area contributed by atoms with Gasteiger partial charge in [0.15, 0.2) is 16.6 Å². The fourth-order valence-corrected chi connectivity index (χ4v) is 4.53. The lowest BCUT2D eigenvalue weighted by atomic mass is 10.00. The highest BCUT2D eigenvalue weighted by atomic mass is 32.1. The number of likely N-dealkylation sites (tertiary alicyclic amines) is 1. The number of nitrogens with zero attached hydrogens (tertiary/aromatic N) is 2. The van der Waals surface area contributed by atoms with E-state index in [0.29, 0.717) is 24.0 Å². The Kier molecular flexibility index (Phi) is 4.33. The van der Waals surface area contributed by atoms with E-state index in [2.05, 4.69) is 10.2 Å². The number of phenolic OH excluding ortho intramolecular Hbond substituents is 1. The number of carbonyl (C=O) groups excluding carboxylic acids is 1. The van der Waals surface area contributed by atoms with E-state index < -0.39 is 5.60 Å². The highest BCUT2D eigenvalue weighted by Gasteiger charge is 2.50. The minimum absolute atomic E-state index is 0.0629. The predicted molar refractivity (Wildman–Crippen MR) is 104 cm³/mol. The van der Waals surface area contributed by atoms with Gasteiger partial charge in [-0.05, 0) is 51.9 Å². The third-order valence-corrected chi connectivity index (χ3v) is 5.53. The van der Waals surface area contributed by atoms with E-state index in [1.165, 1.54) is 0 Å². The Morgan fingerprint density at radius 3 is 2.93 bits per heavy atom. The smallest absolute Gasteiger partial charge is 0.412 e. The molecule has 2 N–H and O–H groups in total. The topological polar surface area (TPSA) is 74.3 Å². The fraction of sp³-hybridized carbons (Fsp3) is 0.579. The van der Waals surface area contributed by atoms with Crippen LogP contribution in [0.1, 0.15) is 32.8 Å². The van der Waals surface area contributed by atoms with Gasteiger partial charge in [0, 0.05) is 12.1 Å². The monoisotopic (exact) mass is 391 g/mol. The van der Waals surface area contributed by atoms with Crippen molar-refractivity contribution in [1.82, 2.24) is 15.1 Å². The summed E-state index contributed by atoms with van der Waals surface area (Å²) in [5, 5.41) is 13.9. The molecule has 1 amide bonds. The molecule has 0 saturated carbocycles. The Morgan fingerprint density at radius 2 is 2.19 bits per heavy atom. The zero-order valence-electron chi connectivity index (χ0n) is 15.8. The van der Waals surface area contributed by atoms with Crippen LogP contribution in [0.5, 0.6) is 11.5 Å². The molecule has 146 valence electrons. The zero-order chi connectivity index (χ0) is 19.3. The minimum Gasteiger partial charge on any atom is -0.504 e. The number of aromatic hydroxyl groups is 1. The summed E-state index contributed by atoms with van der Waals surface area (Å²) in [4.78, 5) is 16.4. The Balaban J connectivity index is 1.50. The largest absolute Gasteiger partial charge is 0.504 e. The molecular formula is C19H25N3O4S. The van der Waals surface area contributed by atoms with Gasteiger partial charge >= 0.3 is 6.09 Å². The summed E-state index contributed by atoms with van der Waals surface area (Å²) >= 11 is 5.58. The number of nitrogens with one attached hydrogen (secondary N) is 1. The van der Waals surface area contributed by atoms with Crippen LogP contribution in [0.3, 0.4) is 0 Å². The van der Waals surface area contributed by atoms with Crippen molar-refractivity contribution in [3.05, 3.63) is 23.8 Å². The van der Waals surface area contributed by atoms with Gasteiger partial charge in [0.25, 0.3) is 0 Å². The van der Waals surface area contributed by atoms with Gasteiger partial charge in [-0.15, -0.1) is 0 Å². The van der Waals surface area contributed by atoms with Crippen LogP contribution in [0.15, 0.2) is 18.2 Å². The molecule has 8 heteroatoms. The summed E-state index contributed by atoms with van der Waals surface area (Å²) in [6.07, 6.45) is 1.06. The molecule has 2 unspecified atom stereocenters. The number of hydrogen-bond acceptors (Lipinski definition) is 5. The summed E-state index contributed by atoms with van der Waals surface area (Å²) in [5.74, 6) is 0.730. The van der Waals surface area contributed by atoms with Crippen molar-refractivity contribution in [3.8, 4) is 11.5 Å². The van der Waals surface area contributed by atoms with E-state index in [-0.39, 0.29) is 30.1 Å². The summed E-state index contributed by atoms with van der Waals surface area (Å²) in [6.45, 7) is 6.67. The number of carbonyl (C=O) groups is 1. The molecule has 0 bridgehead atoms. The molecule has 7 nitrogen and oxygen atoms in total. The number of hydrogen-bond donors (Lipinski definition) is 2. The molecule has 2 saturated heterocycles. The van der Waals surface area contributed by atoms with Crippen LogP contribution in [0, 0.1) is 0 Å². The van der Waals surface area contributed by atoms with Gasteiger partial charge in [-0.25, -0.2) is 4.79 Å². The summed E-state index contributed by atoms with van der Waals surface area (Å²) in [5.41, 5.74) is 0.441. The normalized spacial score (nSPS) is 26.9. The van der Waals surface area contributed by atoms with Gasteiger partial charge in [-0.2, -0.15) is 0 Å². The molecule has 3 aliphatic rings. The van der Waals surface area contributed by atoms with E-state index in [0.717, 1.165) is 18.4 Å². The van der Waals surface area contributed by atoms with Gasteiger partial charge in [-0.1, -0.05) is 12.1 Å². The lowest BCUT2D eigenvalue weighted by molar-refractivity contribution is 0.0203. The molecule has 1 aromatic carbocycles. The van der Waals surface area contributed by atoms with Crippen LogP contribution in [0.2, 0.25) is 0 Å². The minimum atomic E-state index is -0.531. The van der Waals surface area contributed by atoms with Crippen LogP contribution in [-0.4, -0.2) is 63.1 Å². The fourth-order valence-electron chi connectivity index (χ4n) is 4.12. The SMILES string of the molecule is CC(C)(C)OC(=O)N1CCC2C1NC(=S)N2[C@H]1COc2c(O)cccc2C1. The lowest BCUT2D eigenvalue weighted by Gasteiger charge is -2.36. The Hall–Kier alpha value is -2.22. The van der Waals surface area contributed by atoms with E-state index in [9.17, 15) is 9.90 Å². The molecule has 3 atom stereocenters. The molecule has 27 heavy (non-hydrogen) atoms. The standard InChI is InChI=1S/C19H25N3O4S/c1-19(2,3)26-18(24)21-8-7-13-16(21)20-17(27)22(13)12-9-11-5-4-6-14(23)15(11)25-10-12/h4-6,12-13,16,23H,7-10H2,1-3H3,(H,20,27)/t12-,13?,16?/m1/s1. The molecule has 3 heterocycles. The third-order valence-electron chi connectivity index (χ3n) is 5.20. The number of rotatable bonds is 1. The number of fused-ring (bicyclic) bond motifs is 2. The maximum atomic E-state index is 12.5. The van der Waals surface area contributed by atoms with Crippen molar-refractivity contribution in [2.24, 2.45) is 0 Å². The van der Waals surface area contributed by atoms with E-state index in [1.54, 1.807) is 11.0 Å². The quantitative estimate of drug-likeness (QED) is 0.711. The second-order valence-corrected chi connectivity index (χ2v) is 8.65. The van der Waals surface area contributed by atoms with Crippen molar-refractivity contribution < 1.29 is 19.4 Å². The number of thiocarbonyl (C=S) groups is 1. The molecule has 2 fully saturated rings. The van der Waals surface area contributed by atoms with Crippen molar-refractivity contribution >= 4 is 23.4 Å². The average molecular weight is 391 g/mol. The van der Waals surface area contributed by atoms with Crippen LogP contribution in [0.4, 0.5) is 4.79 Å². The molecule has 1 aromatic rings. The van der Waals surface area contributed by atoms with Crippen molar-refractivity contribution in [2.75, 3.05) is 13.2 Å². The lowest BCUT2D eigenvalue weighted by Crippen LogP contribution is -2.49. The maximum absolute atomic E-state index is 12.5.